The largest absolute Gasteiger partial charge is 0.334 e. The topological polar surface area (TPSA) is 60.9 Å². The average molecular weight is 452 g/mol. The minimum atomic E-state index is -0.0692. The standard InChI is InChI=1S/C27H37N3O3/c1-19(31)29-21(16-20-10-5-3-6-11-20)22-17-27(2)23(29)12-9-13-24(27)30(22)26(33)18-28-15-8-4-7-14-25(28)32/h3,5-6,10-11,21-24H,4,7-9,12-18H2,1-2H3/t21-,22+,23-,24+,27-/m1/s1. The molecule has 1 aliphatic carbocycles. The quantitative estimate of drug-likeness (QED) is 0.705. The van der Waals surface area contributed by atoms with Crippen LogP contribution < -0.4 is 0 Å². The van der Waals surface area contributed by atoms with Crippen LogP contribution in [0.15, 0.2) is 30.3 Å². The number of piperidine rings is 1. The zero-order valence-corrected chi connectivity index (χ0v) is 20.0. The maximum atomic E-state index is 13.9. The fourth-order valence-corrected chi connectivity index (χ4v) is 7.44. The molecule has 0 spiro atoms. The minimum absolute atomic E-state index is 0.00744. The fourth-order valence-electron chi connectivity index (χ4n) is 7.44. The van der Waals surface area contributed by atoms with E-state index in [0.29, 0.717) is 13.0 Å². The van der Waals surface area contributed by atoms with Gasteiger partial charge < -0.3 is 14.7 Å². The molecular weight excluding hydrogens is 414 g/mol. The summed E-state index contributed by atoms with van der Waals surface area (Å²) < 4.78 is 0. The molecule has 0 aromatic heterocycles. The van der Waals surface area contributed by atoms with Crippen molar-refractivity contribution in [2.75, 3.05) is 13.1 Å². The van der Waals surface area contributed by atoms with Crippen molar-refractivity contribution in [2.24, 2.45) is 5.41 Å². The SMILES string of the molecule is CC(=O)N1[C@H](Cc2ccccc2)[C@@H]2C[C@@]3(C)[C@H](CCC[C@@H]13)N2C(=O)CN1CCCCCC1=O. The summed E-state index contributed by atoms with van der Waals surface area (Å²) in [5, 5.41) is 0. The normalized spacial score (nSPS) is 33.8. The van der Waals surface area contributed by atoms with E-state index < -0.39 is 0 Å². The van der Waals surface area contributed by atoms with E-state index >= 15 is 0 Å². The molecular formula is C27H37N3O3. The molecule has 0 N–H and O–H groups in total. The van der Waals surface area contributed by atoms with Gasteiger partial charge in [0.2, 0.25) is 17.7 Å². The van der Waals surface area contributed by atoms with Crippen LogP contribution in [0.3, 0.4) is 0 Å². The van der Waals surface area contributed by atoms with E-state index in [4.69, 9.17) is 0 Å². The molecule has 6 heteroatoms. The van der Waals surface area contributed by atoms with Crippen LogP contribution in [-0.4, -0.2) is 69.7 Å². The lowest BCUT2D eigenvalue weighted by Crippen LogP contribution is -2.62. The Bertz CT molecular complexity index is 918. The molecule has 5 rings (SSSR count). The average Bonchev–Trinajstić information content (AvgIpc) is 2.96. The molecule has 5 atom stereocenters. The van der Waals surface area contributed by atoms with Gasteiger partial charge in [-0.05, 0) is 50.5 Å². The number of fused-ring (bicyclic) bond motifs is 1. The first-order valence-corrected chi connectivity index (χ1v) is 12.8. The minimum Gasteiger partial charge on any atom is -0.334 e. The van der Waals surface area contributed by atoms with Crippen molar-refractivity contribution in [1.82, 2.24) is 14.7 Å². The number of carbonyl (C=O) groups is 3. The molecule has 3 amide bonds. The van der Waals surface area contributed by atoms with Gasteiger partial charge in [-0.1, -0.05) is 43.7 Å². The van der Waals surface area contributed by atoms with Crippen molar-refractivity contribution in [1.29, 1.82) is 0 Å². The molecule has 6 nitrogen and oxygen atoms in total. The summed E-state index contributed by atoms with van der Waals surface area (Å²) in [6.45, 7) is 4.86. The molecule has 1 aromatic carbocycles. The van der Waals surface area contributed by atoms with Crippen molar-refractivity contribution < 1.29 is 14.4 Å². The Morgan fingerprint density at radius 3 is 2.45 bits per heavy atom. The second-order valence-electron chi connectivity index (χ2n) is 10.9. The fraction of sp³-hybridized carbons (Fsp3) is 0.667. The van der Waals surface area contributed by atoms with Gasteiger partial charge in [0.25, 0.3) is 0 Å². The molecule has 2 bridgehead atoms. The van der Waals surface area contributed by atoms with Gasteiger partial charge >= 0.3 is 0 Å². The van der Waals surface area contributed by atoms with Crippen LogP contribution in [-0.2, 0) is 20.8 Å². The van der Waals surface area contributed by atoms with Gasteiger partial charge in [-0.2, -0.15) is 0 Å². The molecule has 178 valence electrons. The zero-order chi connectivity index (χ0) is 23.2. The maximum absolute atomic E-state index is 13.9. The van der Waals surface area contributed by atoms with E-state index in [2.05, 4.69) is 28.9 Å². The lowest BCUT2D eigenvalue weighted by molar-refractivity contribution is -0.144. The van der Waals surface area contributed by atoms with Gasteiger partial charge in [0, 0.05) is 37.4 Å². The smallest absolute Gasteiger partial charge is 0.242 e. The predicted molar refractivity (Wildman–Crippen MR) is 126 cm³/mol. The number of hydrogen-bond donors (Lipinski definition) is 0. The highest BCUT2D eigenvalue weighted by atomic mass is 16.2. The first-order valence-electron chi connectivity index (χ1n) is 12.8. The van der Waals surface area contributed by atoms with Gasteiger partial charge in [-0.25, -0.2) is 0 Å². The van der Waals surface area contributed by atoms with Crippen LogP contribution in [0.4, 0.5) is 0 Å². The van der Waals surface area contributed by atoms with Gasteiger partial charge in [-0.3, -0.25) is 14.4 Å². The number of amides is 3. The second-order valence-corrected chi connectivity index (χ2v) is 10.9. The van der Waals surface area contributed by atoms with Crippen molar-refractivity contribution >= 4 is 17.7 Å². The summed E-state index contributed by atoms with van der Waals surface area (Å²) in [6, 6.07) is 10.7. The molecule has 3 heterocycles. The lowest BCUT2D eigenvalue weighted by atomic mass is 9.64. The third-order valence-electron chi connectivity index (χ3n) is 8.89. The highest BCUT2D eigenvalue weighted by Crippen LogP contribution is 2.56. The van der Waals surface area contributed by atoms with Crippen LogP contribution in [0.25, 0.3) is 0 Å². The third kappa shape index (κ3) is 3.85. The van der Waals surface area contributed by atoms with Crippen LogP contribution in [0.1, 0.15) is 70.8 Å². The molecule has 1 aromatic rings. The Morgan fingerprint density at radius 2 is 1.73 bits per heavy atom. The predicted octanol–water partition coefficient (Wildman–Crippen LogP) is 3.39. The monoisotopic (exact) mass is 451 g/mol. The number of hydrogen-bond acceptors (Lipinski definition) is 3. The van der Waals surface area contributed by atoms with Gasteiger partial charge in [0.05, 0.1) is 18.6 Å². The molecule has 4 fully saturated rings. The molecule has 33 heavy (non-hydrogen) atoms. The van der Waals surface area contributed by atoms with Crippen LogP contribution in [0.2, 0.25) is 0 Å². The highest BCUT2D eigenvalue weighted by molar-refractivity contribution is 5.86. The molecule has 1 saturated carbocycles. The Balaban J connectivity index is 1.48. The Hall–Kier alpha value is -2.37. The molecule has 0 unspecified atom stereocenters. The third-order valence-corrected chi connectivity index (χ3v) is 8.89. The van der Waals surface area contributed by atoms with Crippen LogP contribution >= 0.6 is 0 Å². The van der Waals surface area contributed by atoms with Crippen molar-refractivity contribution in [3.05, 3.63) is 35.9 Å². The molecule has 3 saturated heterocycles. The number of likely N-dealkylation sites (tertiary alicyclic amines) is 3. The van der Waals surface area contributed by atoms with Gasteiger partial charge in [-0.15, -0.1) is 0 Å². The van der Waals surface area contributed by atoms with Crippen molar-refractivity contribution in [3.63, 3.8) is 0 Å². The van der Waals surface area contributed by atoms with E-state index in [0.717, 1.165) is 51.4 Å². The Labute approximate surface area is 197 Å². The Kier molecular flexibility index (Phi) is 5.96. The van der Waals surface area contributed by atoms with E-state index in [-0.39, 0.29) is 53.8 Å². The molecule has 4 aliphatic rings. The van der Waals surface area contributed by atoms with Crippen molar-refractivity contribution in [3.8, 4) is 0 Å². The first-order chi connectivity index (χ1) is 15.9. The number of benzene rings is 1. The second kappa shape index (κ2) is 8.77. The van der Waals surface area contributed by atoms with E-state index in [1.807, 2.05) is 18.2 Å². The summed E-state index contributed by atoms with van der Waals surface area (Å²) in [5.41, 5.74) is 1.13. The summed E-state index contributed by atoms with van der Waals surface area (Å²) in [4.78, 5) is 45.5. The first kappa shape index (κ1) is 22.4. The number of carbonyl (C=O) groups excluding carboxylic acids is 3. The summed E-state index contributed by atoms with van der Waals surface area (Å²) >= 11 is 0. The Morgan fingerprint density at radius 1 is 1.00 bits per heavy atom. The van der Waals surface area contributed by atoms with Gasteiger partial charge in [0.1, 0.15) is 0 Å². The maximum Gasteiger partial charge on any atom is 0.242 e. The molecule has 3 aliphatic heterocycles. The summed E-state index contributed by atoms with van der Waals surface area (Å²) in [7, 11) is 0. The van der Waals surface area contributed by atoms with Crippen LogP contribution in [0, 0.1) is 5.41 Å². The van der Waals surface area contributed by atoms with Gasteiger partial charge in [0.15, 0.2) is 0 Å². The summed E-state index contributed by atoms with van der Waals surface area (Å²) in [5.74, 6) is 0.310. The molecule has 0 radical (unpaired) electrons. The van der Waals surface area contributed by atoms with E-state index in [9.17, 15) is 14.4 Å². The van der Waals surface area contributed by atoms with E-state index in [1.165, 1.54) is 5.56 Å². The lowest BCUT2D eigenvalue weighted by Gasteiger charge is -2.52. The number of nitrogens with zero attached hydrogens (tertiary/aromatic N) is 3. The van der Waals surface area contributed by atoms with Crippen LogP contribution in [0.5, 0.6) is 0 Å². The summed E-state index contributed by atoms with van der Waals surface area (Å²) in [6.07, 6.45) is 8.24. The van der Waals surface area contributed by atoms with Crippen molar-refractivity contribution in [2.45, 2.75) is 95.8 Å². The number of rotatable bonds is 4. The van der Waals surface area contributed by atoms with E-state index in [1.54, 1.807) is 11.8 Å². The zero-order valence-electron chi connectivity index (χ0n) is 20.0. The highest BCUT2D eigenvalue weighted by Gasteiger charge is 2.64.